The highest BCUT2D eigenvalue weighted by molar-refractivity contribution is 5.92. The number of esters is 1. The van der Waals surface area contributed by atoms with E-state index >= 15 is 0 Å². The van der Waals surface area contributed by atoms with Crippen molar-refractivity contribution in [3.05, 3.63) is 42.8 Å². The van der Waals surface area contributed by atoms with Crippen LogP contribution in [0.25, 0.3) is 11.1 Å². The maximum atomic E-state index is 11.7. The lowest BCUT2D eigenvalue weighted by Gasteiger charge is -2.03. The molecule has 0 amide bonds. The van der Waals surface area contributed by atoms with E-state index in [0.29, 0.717) is 11.3 Å². The Balaban J connectivity index is 0.00000120. The molecule has 6 heteroatoms. The molecule has 0 aliphatic carbocycles. The first kappa shape index (κ1) is 9.71. The van der Waals surface area contributed by atoms with E-state index < -0.39 is 5.97 Å². The predicted octanol–water partition coefficient (Wildman–Crippen LogP) is 2.02. The van der Waals surface area contributed by atoms with Crippen LogP contribution in [-0.2, 0) is 11.5 Å². The summed E-state index contributed by atoms with van der Waals surface area (Å²) in [5, 5.41) is 0. The monoisotopic (exact) mass is 233 g/mol. The third-order valence-electron chi connectivity index (χ3n) is 2.36. The minimum absolute atomic E-state index is 0. The van der Waals surface area contributed by atoms with E-state index in [2.05, 4.69) is 9.97 Å². The zero-order valence-corrected chi connectivity index (χ0v) is 8.79. The molecule has 1 N–H and O–H groups in total. The average Bonchev–Trinajstić information content (AvgIpc) is 3.01. The molecule has 3 rings (SSSR count). The van der Waals surface area contributed by atoms with Gasteiger partial charge in [0.2, 0.25) is 0 Å². The summed E-state index contributed by atoms with van der Waals surface area (Å²) in [5.74, 6) is -0.426. The van der Waals surface area contributed by atoms with Crippen LogP contribution in [0.1, 0.15) is 11.9 Å². The summed E-state index contributed by atoms with van der Waals surface area (Å²) < 4.78 is 11.9. The number of aromatic nitrogens is 3. The molecule has 3 aromatic rings. The van der Waals surface area contributed by atoms with Crippen molar-refractivity contribution in [1.82, 2.24) is 14.5 Å². The van der Waals surface area contributed by atoms with Crippen LogP contribution in [0.5, 0.6) is 0 Å². The van der Waals surface area contributed by atoms with Crippen LogP contribution in [0, 0.1) is 0 Å². The number of nitrogens with zero attached hydrogens (tertiary/aromatic N) is 2. The molecule has 88 valence electrons. The topological polar surface area (TPSA) is 73.1 Å². The molecule has 0 aliphatic rings. The van der Waals surface area contributed by atoms with Crippen molar-refractivity contribution in [3.8, 4) is 0 Å². The molecule has 17 heavy (non-hydrogen) atoms. The Morgan fingerprint density at radius 3 is 3.35 bits per heavy atom. The second-order valence-electron chi connectivity index (χ2n) is 3.52. The molecule has 0 fully saturated rings. The van der Waals surface area contributed by atoms with Gasteiger partial charge in [0.25, 0.3) is 0 Å². The van der Waals surface area contributed by atoms with Gasteiger partial charge in [-0.3, -0.25) is 0 Å². The second-order valence-corrected chi connectivity index (χ2v) is 3.52. The van der Waals surface area contributed by atoms with Crippen molar-refractivity contribution in [2.45, 2.75) is 6.73 Å². The van der Waals surface area contributed by atoms with E-state index in [1.54, 1.807) is 41.7 Å². The number of imidazole rings is 1. The molecule has 6 nitrogen and oxygen atoms in total. The second kappa shape index (κ2) is 3.82. The van der Waals surface area contributed by atoms with E-state index in [1.807, 2.05) is 0 Å². The fourth-order valence-electron chi connectivity index (χ4n) is 1.53. The first-order chi connectivity index (χ1) is 8.33. The van der Waals surface area contributed by atoms with Crippen LogP contribution in [0.2, 0.25) is 0 Å². The molecule has 0 spiro atoms. The summed E-state index contributed by atoms with van der Waals surface area (Å²) in [4.78, 5) is 18.4. The lowest BCUT2D eigenvalue weighted by atomic mass is 10.4. The number of aromatic amines is 1. The minimum Gasteiger partial charge on any atom is -0.463 e. The fraction of sp³-hybridized carbons (Fsp3) is 0.0909. The van der Waals surface area contributed by atoms with Gasteiger partial charge in [-0.15, -0.1) is 0 Å². The molecule has 0 saturated carbocycles. The fourth-order valence-corrected chi connectivity index (χ4v) is 1.53. The van der Waals surface area contributed by atoms with Crippen molar-refractivity contribution in [1.29, 1.82) is 0 Å². The van der Waals surface area contributed by atoms with Gasteiger partial charge in [0.1, 0.15) is 5.69 Å². The Kier molecular flexibility index (Phi) is 2.18. The van der Waals surface area contributed by atoms with E-state index in [0.717, 1.165) is 5.52 Å². The Bertz CT molecular complexity index is 613. The standard InChI is InChI=1S/C11H9N3O3.H2/c15-11(17-7-14-3-2-12-6-14)9-5-10-8(13-9)1-4-16-10;/h1-6,13H,7H2;1H. The quantitative estimate of drug-likeness (QED) is 0.702. The third-order valence-corrected chi connectivity index (χ3v) is 2.36. The molecule has 3 heterocycles. The first-order valence-corrected chi connectivity index (χ1v) is 5.02. The highest BCUT2D eigenvalue weighted by Crippen LogP contribution is 2.16. The lowest BCUT2D eigenvalue weighted by Crippen LogP contribution is -2.08. The number of ether oxygens (including phenoxy) is 1. The van der Waals surface area contributed by atoms with Crippen LogP contribution < -0.4 is 0 Å². The Labute approximate surface area is 97.3 Å². The number of fused-ring (bicyclic) bond motifs is 1. The van der Waals surface area contributed by atoms with Gasteiger partial charge in [-0.05, 0) is 0 Å². The number of carbonyl (C=O) groups excluding carboxylic acids is 1. The van der Waals surface area contributed by atoms with Crippen molar-refractivity contribution >= 4 is 17.1 Å². The van der Waals surface area contributed by atoms with Crippen molar-refractivity contribution < 1.29 is 15.4 Å². The summed E-state index contributed by atoms with van der Waals surface area (Å²) in [5.41, 5.74) is 1.79. The number of H-pyrrole nitrogens is 1. The van der Waals surface area contributed by atoms with Gasteiger partial charge in [0.05, 0.1) is 18.1 Å². The molecule has 0 atom stereocenters. The highest BCUT2D eigenvalue weighted by Gasteiger charge is 2.12. The first-order valence-electron chi connectivity index (χ1n) is 5.02. The largest absolute Gasteiger partial charge is 0.463 e. The van der Waals surface area contributed by atoms with Crippen LogP contribution in [0.15, 0.2) is 41.5 Å². The summed E-state index contributed by atoms with van der Waals surface area (Å²) in [6, 6.07) is 3.37. The van der Waals surface area contributed by atoms with Gasteiger partial charge in [-0.25, -0.2) is 9.78 Å². The van der Waals surface area contributed by atoms with E-state index in [4.69, 9.17) is 9.15 Å². The molecule has 0 bridgehead atoms. The summed E-state index contributed by atoms with van der Waals surface area (Å²) >= 11 is 0. The van der Waals surface area contributed by atoms with Gasteiger partial charge in [0.15, 0.2) is 12.3 Å². The van der Waals surface area contributed by atoms with E-state index in [-0.39, 0.29) is 8.16 Å². The molecular weight excluding hydrogens is 222 g/mol. The summed E-state index contributed by atoms with van der Waals surface area (Å²) in [6.45, 7) is 0.138. The molecule has 0 saturated heterocycles. The average molecular weight is 233 g/mol. The molecule has 0 aliphatic heterocycles. The SMILES string of the molecule is O=C(OCn1ccnc1)c1cc2occc2[nH]1.[HH]. The smallest absolute Gasteiger partial charge is 0.356 e. The van der Waals surface area contributed by atoms with E-state index in [9.17, 15) is 4.79 Å². The van der Waals surface area contributed by atoms with E-state index in [1.165, 1.54) is 0 Å². The van der Waals surface area contributed by atoms with Gasteiger partial charge in [0, 0.05) is 26.0 Å². The Morgan fingerprint density at radius 2 is 2.59 bits per heavy atom. The van der Waals surface area contributed by atoms with Crippen LogP contribution in [0.3, 0.4) is 0 Å². The Morgan fingerprint density at radius 1 is 1.65 bits per heavy atom. The Hall–Kier alpha value is -2.50. The van der Waals surface area contributed by atoms with Crippen molar-refractivity contribution in [3.63, 3.8) is 0 Å². The molecule has 0 radical (unpaired) electrons. The zero-order valence-electron chi connectivity index (χ0n) is 8.79. The van der Waals surface area contributed by atoms with Crippen LogP contribution in [0.4, 0.5) is 0 Å². The van der Waals surface area contributed by atoms with Gasteiger partial charge >= 0.3 is 5.97 Å². The highest BCUT2D eigenvalue weighted by atomic mass is 16.5. The van der Waals surface area contributed by atoms with Gasteiger partial charge in [-0.2, -0.15) is 0 Å². The summed E-state index contributed by atoms with van der Waals surface area (Å²) in [7, 11) is 0. The lowest BCUT2D eigenvalue weighted by molar-refractivity contribution is 0.0366. The molecule has 0 aromatic carbocycles. The van der Waals surface area contributed by atoms with Gasteiger partial charge in [-0.1, -0.05) is 0 Å². The number of hydrogen-bond donors (Lipinski definition) is 1. The van der Waals surface area contributed by atoms with Crippen LogP contribution >= 0.6 is 0 Å². The third kappa shape index (κ3) is 1.80. The maximum Gasteiger partial charge on any atom is 0.356 e. The van der Waals surface area contributed by atoms with Crippen molar-refractivity contribution in [2.24, 2.45) is 0 Å². The minimum atomic E-state index is -0.426. The number of hydrogen-bond acceptors (Lipinski definition) is 4. The van der Waals surface area contributed by atoms with Gasteiger partial charge < -0.3 is 18.7 Å². The maximum absolute atomic E-state index is 11.7. The molecule has 3 aromatic heterocycles. The zero-order chi connectivity index (χ0) is 11.7. The molecular formula is C11H11N3O3. The summed E-state index contributed by atoms with van der Waals surface area (Å²) in [6.07, 6.45) is 6.47. The number of carbonyl (C=O) groups is 1. The predicted molar refractivity (Wildman–Crippen MR) is 60.3 cm³/mol. The number of furan rings is 1. The normalized spacial score (nSPS) is 10.8. The molecule has 0 unspecified atom stereocenters. The van der Waals surface area contributed by atoms with Crippen LogP contribution in [-0.4, -0.2) is 20.5 Å². The number of rotatable bonds is 3. The number of nitrogens with one attached hydrogen (secondary N) is 1. The van der Waals surface area contributed by atoms with Crippen molar-refractivity contribution in [2.75, 3.05) is 0 Å².